The second-order valence-corrected chi connectivity index (χ2v) is 5.16. The van der Waals surface area contributed by atoms with Gasteiger partial charge in [0.05, 0.1) is 10.9 Å². The molecule has 100 valence electrons. The first-order valence-electron chi connectivity index (χ1n) is 5.31. The van der Waals surface area contributed by atoms with Crippen molar-refractivity contribution >= 4 is 18.9 Å². The Morgan fingerprint density at radius 3 is 1.53 bits per heavy atom. The molecule has 0 unspecified atom stereocenters. The Kier molecular flexibility index (Phi) is 5.45. The third kappa shape index (κ3) is 5.48. The summed E-state index contributed by atoms with van der Waals surface area (Å²) in [6.07, 6.45) is 0. The van der Waals surface area contributed by atoms with E-state index in [-0.39, 0.29) is 5.30 Å². The van der Waals surface area contributed by atoms with Crippen molar-refractivity contribution in [3.8, 4) is 0 Å². The zero-order valence-corrected chi connectivity index (χ0v) is 10.8. The SMILES string of the molecule is O=C(O)c1ccccc1.O=P(O)(O)c1ccccc1. The molecule has 0 aromatic heterocycles. The van der Waals surface area contributed by atoms with E-state index in [1.807, 2.05) is 0 Å². The number of hydrogen-bond donors (Lipinski definition) is 3. The Morgan fingerprint density at radius 2 is 1.26 bits per heavy atom. The lowest BCUT2D eigenvalue weighted by Crippen LogP contribution is -2.01. The molecule has 0 amide bonds. The van der Waals surface area contributed by atoms with Crippen molar-refractivity contribution in [2.24, 2.45) is 0 Å². The Bertz CT molecular complexity index is 562. The van der Waals surface area contributed by atoms with Gasteiger partial charge < -0.3 is 14.9 Å². The third-order valence-corrected chi connectivity index (χ3v) is 3.08. The predicted octanol–water partition coefficient (Wildman–Crippen LogP) is 1.87. The topological polar surface area (TPSA) is 94.8 Å². The smallest absolute Gasteiger partial charge is 0.356 e. The molecule has 0 radical (unpaired) electrons. The third-order valence-electron chi connectivity index (χ3n) is 2.11. The summed E-state index contributed by atoms with van der Waals surface area (Å²) in [5.41, 5.74) is 0.331. The molecule has 0 aliphatic rings. The molecule has 0 spiro atoms. The van der Waals surface area contributed by atoms with Gasteiger partial charge in [-0.2, -0.15) is 0 Å². The maximum Gasteiger partial charge on any atom is 0.356 e. The molecule has 0 heterocycles. The summed E-state index contributed by atoms with van der Waals surface area (Å²) in [6, 6.07) is 16.0. The zero-order chi connectivity index (χ0) is 14.3. The number of carboxylic acids is 1. The molecular formula is C13H13O5P. The van der Waals surface area contributed by atoms with Crippen molar-refractivity contribution in [1.82, 2.24) is 0 Å². The van der Waals surface area contributed by atoms with Crippen LogP contribution in [0.25, 0.3) is 0 Å². The Morgan fingerprint density at radius 1 is 0.842 bits per heavy atom. The maximum absolute atomic E-state index is 10.5. The monoisotopic (exact) mass is 280 g/mol. The fourth-order valence-corrected chi connectivity index (χ4v) is 1.76. The summed E-state index contributed by atoms with van der Waals surface area (Å²) in [7, 11) is -4.02. The Labute approximate surface area is 110 Å². The van der Waals surface area contributed by atoms with Crippen molar-refractivity contribution in [3.63, 3.8) is 0 Å². The number of carboxylic acid groups (broad SMARTS) is 1. The van der Waals surface area contributed by atoms with E-state index < -0.39 is 13.6 Å². The number of carbonyl (C=O) groups is 1. The second kappa shape index (κ2) is 6.85. The lowest BCUT2D eigenvalue weighted by atomic mass is 10.2. The second-order valence-electron chi connectivity index (χ2n) is 3.55. The maximum atomic E-state index is 10.5. The van der Waals surface area contributed by atoms with Gasteiger partial charge in [0.25, 0.3) is 0 Å². The van der Waals surface area contributed by atoms with Gasteiger partial charge in [0, 0.05) is 0 Å². The molecule has 0 fully saturated rings. The van der Waals surface area contributed by atoms with Crippen LogP contribution >= 0.6 is 7.60 Å². The number of aromatic carboxylic acids is 1. The van der Waals surface area contributed by atoms with Crippen molar-refractivity contribution in [3.05, 3.63) is 66.2 Å². The van der Waals surface area contributed by atoms with Gasteiger partial charge in [-0.05, 0) is 24.3 Å². The fraction of sp³-hybridized carbons (Fsp3) is 0. The van der Waals surface area contributed by atoms with Crippen LogP contribution in [-0.4, -0.2) is 20.9 Å². The van der Waals surface area contributed by atoms with E-state index in [4.69, 9.17) is 14.9 Å². The minimum Gasteiger partial charge on any atom is -0.478 e. The van der Waals surface area contributed by atoms with Crippen LogP contribution in [0, 0.1) is 0 Å². The van der Waals surface area contributed by atoms with Crippen LogP contribution in [-0.2, 0) is 4.57 Å². The molecule has 5 nitrogen and oxygen atoms in total. The van der Waals surface area contributed by atoms with Crippen LogP contribution in [0.15, 0.2) is 60.7 Å². The minimum absolute atomic E-state index is 0.0648. The summed E-state index contributed by atoms with van der Waals surface area (Å²) in [5.74, 6) is -0.879. The lowest BCUT2D eigenvalue weighted by molar-refractivity contribution is 0.0697. The van der Waals surface area contributed by atoms with Gasteiger partial charge >= 0.3 is 13.6 Å². The average molecular weight is 280 g/mol. The van der Waals surface area contributed by atoms with E-state index in [0.29, 0.717) is 5.56 Å². The van der Waals surface area contributed by atoms with Crippen LogP contribution in [0.4, 0.5) is 0 Å². The molecule has 0 atom stereocenters. The van der Waals surface area contributed by atoms with Crippen LogP contribution < -0.4 is 5.30 Å². The zero-order valence-electron chi connectivity index (χ0n) is 9.88. The molecule has 0 aliphatic carbocycles. The van der Waals surface area contributed by atoms with Gasteiger partial charge in [-0.1, -0.05) is 36.4 Å². The van der Waals surface area contributed by atoms with E-state index in [0.717, 1.165) is 0 Å². The summed E-state index contributed by atoms with van der Waals surface area (Å²) in [4.78, 5) is 27.4. The highest BCUT2D eigenvalue weighted by atomic mass is 31.2. The summed E-state index contributed by atoms with van der Waals surface area (Å²) in [6.45, 7) is 0. The van der Waals surface area contributed by atoms with Gasteiger partial charge in [-0.15, -0.1) is 0 Å². The Hall–Kier alpha value is -1.94. The van der Waals surface area contributed by atoms with Gasteiger partial charge in [0.1, 0.15) is 0 Å². The summed E-state index contributed by atoms with van der Waals surface area (Å²) < 4.78 is 10.5. The molecule has 2 aromatic carbocycles. The molecule has 19 heavy (non-hydrogen) atoms. The van der Waals surface area contributed by atoms with E-state index in [2.05, 4.69) is 0 Å². The van der Waals surface area contributed by atoms with Crippen LogP contribution in [0.3, 0.4) is 0 Å². The lowest BCUT2D eigenvalue weighted by Gasteiger charge is -2.00. The van der Waals surface area contributed by atoms with E-state index in [9.17, 15) is 9.36 Å². The predicted molar refractivity (Wildman–Crippen MR) is 71.5 cm³/mol. The molecule has 3 N–H and O–H groups in total. The van der Waals surface area contributed by atoms with Crippen molar-refractivity contribution in [2.75, 3.05) is 0 Å². The van der Waals surface area contributed by atoms with Crippen molar-refractivity contribution in [1.29, 1.82) is 0 Å². The summed E-state index contributed by atoms with van der Waals surface area (Å²) >= 11 is 0. The molecule has 6 heteroatoms. The van der Waals surface area contributed by atoms with Crippen molar-refractivity contribution < 1.29 is 24.3 Å². The highest BCUT2D eigenvalue weighted by Gasteiger charge is 2.14. The number of benzene rings is 2. The van der Waals surface area contributed by atoms with Gasteiger partial charge in [0.15, 0.2) is 0 Å². The van der Waals surface area contributed by atoms with E-state index in [1.54, 1.807) is 48.5 Å². The van der Waals surface area contributed by atoms with Gasteiger partial charge in [0.2, 0.25) is 0 Å². The largest absolute Gasteiger partial charge is 0.478 e. The molecule has 0 aliphatic heterocycles. The molecular weight excluding hydrogens is 267 g/mol. The Balaban J connectivity index is 0.000000191. The fourth-order valence-electron chi connectivity index (χ4n) is 1.20. The molecule has 0 bridgehead atoms. The van der Waals surface area contributed by atoms with Crippen molar-refractivity contribution in [2.45, 2.75) is 0 Å². The number of hydrogen-bond acceptors (Lipinski definition) is 2. The van der Waals surface area contributed by atoms with E-state index in [1.165, 1.54) is 12.1 Å². The first-order valence-corrected chi connectivity index (χ1v) is 6.92. The standard InChI is InChI=1S/C7H6O2.C6H7O3P/c8-7(9)6-4-2-1-3-5-6;7-10(8,9)6-4-2-1-3-5-6/h1-5H,(H,8,9);1-5H,(H2,7,8,9). The van der Waals surface area contributed by atoms with Gasteiger partial charge in [-0.3, -0.25) is 4.57 Å². The first-order chi connectivity index (χ1) is 8.91. The molecule has 0 saturated heterocycles. The number of rotatable bonds is 2. The normalized spacial score (nSPS) is 10.2. The highest BCUT2D eigenvalue weighted by molar-refractivity contribution is 7.60. The summed E-state index contributed by atoms with van der Waals surface area (Å²) in [5, 5.41) is 8.45. The first kappa shape index (κ1) is 15.1. The van der Waals surface area contributed by atoms with Crippen LogP contribution in [0.5, 0.6) is 0 Å². The molecule has 0 saturated carbocycles. The highest BCUT2D eigenvalue weighted by Crippen LogP contribution is 2.32. The van der Waals surface area contributed by atoms with Crippen LogP contribution in [0.1, 0.15) is 10.4 Å². The molecule has 2 rings (SSSR count). The van der Waals surface area contributed by atoms with Gasteiger partial charge in [-0.25, -0.2) is 4.79 Å². The average Bonchev–Trinajstić information content (AvgIpc) is 2.40. The van der Waals surface area contributed by atoms with Crippen LogP contribution in [0.2, 0.25) is 0 Å². The minimum atomic E-state index is -4.02. The van der Waals surface area contributed by atoms with E-state index >= 15 is 0 Å². The quantitative estimate of drug-likeness (QED) is 0.730. The molecule has 2 aromatic rings.